The lowest BCUT2D eigenvalue weighted by Crippen LogP contribution is -2.42. The van der Waals surface area contributed by atoms with E-state index in [2.05, 4.69) is 0 Å². The van der Waals surface area contributed by atoms with E-state index >= 15 is 0 Å². The van der Waals surface area contributed by atoms with E-state index in [1.54, 1.807) is 48.5 Å². The molecule has 1 unspecified atom stereocenters. The van der Waals surface area contributed by atoms with Crippen molar-refractivity contribution in [2.24, 2.45) is 16.9 Å². The van der Waals surface area contributed by atoms with E-state index in [-0.39, 0.29) is 5.41 Å². The highest BCUT2D eigenvalue weighted by atomic mass is 16.7. The van der Waals surface area contributed by atoms with Gasteiger partial charge in [0.25, 0.3) is 0 Å². The molecule has 1 atom stereocenters. The van der Waals surface area contributed by atoms with Crippen molar-refractivity contribution in [1.29, 1.82) is 0 Å². The Balaban J connectivity index is 1.36. The summed E-state index contributed by atoms with van der Waals surface area (Å²) in [5.41, 5.74) is 12.8. The highest BCUT2D eigenvalue weighted by molar-refractivity contribution is 5.93. The molecule has 2 aliphatic rings. The summed E-state index contributed by atoms with van der Waals surface area (Å²) in [5.74, 6) is -0.945. The molecule has 1 spiro atoms. The number of nitrogens with two attached hydrogens (primary N) is 2. The molecule has 4 N–H and O–H groups in total. The van der Waals surface area contributed by atoms with Crippen molar-refractivity contribution in [3.05, 3.63) is 70.8 Å². The van der Waals surface area contributed by atoms with E-state index < -0.39 is 24.4 Å². The Hall–Kier alpha value is -2.78. The Kier molecular flexibility index (Phi) is 5.83. The van der Waals surface area contributed by atoms with Gasteiger partial charge >= 0.3 is 0 Å². The molecule has 8 heteroatoms. The Morgan fingerprint density at radius 2 is 1.10 bits per heavy atom. The fraction of sp³-hybridized carbons (Fsp3) is 0.364. The summed E-state index contributed by atoms with van der Waals surface area (Å²) < 4.78 is 23.8. The number of hydrogen-bond acceptors (Lipinski definition) is 6. The van der Waals surface area contributed by atoms with Crippen LogP contribution in [0.5, 0.6) is 0 Å². The quantitative estimate of drug-likeness (QED) is 0.792. The van der Waals surface area contributed by atoms with Gasteiger partial charge in [-0.1, -0.05) is 24.3 Å². The van der Waals surface area contributed by atoms with Crippen LogP contribution in [0.1, 0.15) is 50.8 Å². The van der Waals surface area contributed by atoms with Gasteiger partial charge in [-0.2, -0.15) is 0 Å². The van der Waals surface area contributed by atoms with Crippen LogP contribution in [0.4, 0.5) is 0 Å². The van der Waals surface area contributed by atoms with Gasteiger partial charge in [-0.05, 0) is 30.7 Å². The first-order chi connectivity index (χ1) is 14.5. The van der Waals surface area contributed by atoms with Crippen LogP contribution < -0.4 is 11.5 Å². The number of benzene rings is 2. The second-order valence-electron chi connectivity index (χ2n) is 7.69. The minimum absolute atomic E-state index is 0.300. The van der Waals surface area contributed by atoms with E-state index in [0.29, 0.717) is 37.6 Å². The Labute approximate surface area is 174 Å². The Morgan fingerprint density at radius 1 is 0.700 bits per heavy atom. The first-order valence-corrected chi connectivity index (χ1v) is 9.72. The predicted octanol–water partition coefficient (Wildman–Crippen LogP) is 2.05. The number of primary amides is 2. The van der Waals surface area contributed by atoms with Crippen LogP contribution in [0.25, 0.3) is 0 Å². The van der Waals surface area contributed by atoms with Gasteiger partial charge in [0.05, 0.1) is 26.4 Å². The molecule has 2 aromatic rings. The Bertz CT molecular complexity index is 904. The zero-order chi connectivity index (χ0) is 21.1. The normalized spacial score (nSPS) is 26.8. The van der Waals surface area contributed by atoms with Crippen molar-refractivity contribution < 1.29 is 28.5 Å². The van der Waals surface area contributed by atoms with Gasteiger partial charge in [0.15, 0.2) is 12.6 Å². The van der Waals surface area contributed by atoms with Gasteiger partial charge in [0.1, 0.15) is 0 Å². The van der Waals surface area contributed by atoms with Crippen molar-refractivity contribution in [3.63, 3.8) is 0 Å². The number of amides is 2. The number of carbonyl (C=O) groups excluding carboxylic acids is 2. The van der Waals surface area contributed by atoms with Gasteiger partial charge in [-0.3, -0.25) is 9.59 Å². The number of carbonyl (C=O) groups is 2. The molecule has 4 rings (SSSR count). The van der Waals surface area contributed by atoms with Crippen molar-refractivity contribution in [2.45, 2.75) is 19.0 Å². The molecule has 2 aromatic carbocycles. The topological polar surface area (TPSA) is 123 Å². The fourth-order valence-corrected chi connectivity index (χ4v) is 3.57. The van der Waals surface area contributed by atoms with Crippen LogP contribution in [0, 0.1) is 5.41 Å². The average Bonchev–Trinajstić information content (AvgIpc) is 2.97. The highest BCUT2D eigenvalue weighted by Crippen LogP contribution is 2.38. The molecular weight excluding hydrogens is 388 g/mol. The lowest BCUT2D eigenvalue weighted by molar-refractivity contribution is -0.246. The second kappa shape index (κ2) is 8.53. The lowest BCUT2D eigenvalue weighted by atomic mass is 9.87. The first kappa shape index (κ1) is 20.5. The second-order valence-corrected chi connectivity index (χ2v) is 7.69. The molecule has 2 heterocycles. The maximum Gasteiger partial charge on any atom is 0.248 e. The number of rotatable bonds is 4. The zero-order valence-corrected chi connectivity index (χ0v) is 16.4. The molecule has 158 valence electrons. The van der Waals surface area contributed by atoms with E-state index in [9.17, 15) is 9.59 Å². The van der Waals surface area contributed by atoms with E-state index in [4.69, 9.17) is 30.4 Å². The van der Waals surface area contributed by atoms with Gasteiger partial charge in [0.2, 0.25) is 11.8 Å². The van der Waals surface area contributed by atoms with Crippen LogP contribution in [-0.4, -0.2) is 38.2 Å². The standard InChI is InChI=1S/C22H24N2O6/c23-18(25)14-1-5-16(6-2-14)20-27-10-9-22(11-28-20)12-29-21(30-13-22)17-7-3-15(4-8-17)19(24)26/h1-8,20-21H,9-13H2,(H2,23,25)(H2,24,26). The molecule has 0 radical (unpaired) electrons. The van der Waals surface area contributed by atoms with Crippen LogP contribution in [0.3, 0.4) is 0 Å². The van der Waals surface area contributed by atoms with Crippen molar-refractivity contribution >= 4 is 11.8 Å². The summed E-state index contributed by atoms with van der Waals surface area (Å²) in [6, 6.07) is 13.8. The molecule has 2 saturated heterocycles. The van der Waals surface area contributed by atoms with Crippen LogP contribution >= 0.6 is 0 Å². The lowest BCUT2D eigenvalue weighted by Gasteiger charge is -2.38. The SMILES string of the molecule is NC(=O)c1ccc(C2OCCC3(CO2)COC(c2ccc(C(N)=O)cc2)OC3)cc1. The average molecular weight is 412 g/mol. The number of ether oxygens (including phenoxy) is 4. The summed E-state index contributed by atoms with van der Waals surface area (Å²) in [5, 5.41) is 0. The first-order valence-electron chi connectivity index (χ1n) is 9.72. The highest BCUT2D eigenvalue weighted by Gasteiger charge is 2.40. The van der Waals surface area contributed by atoms with E-state index in [1.165, 1.54) is 0 Å². The maximum absolute atomic E-state index is 11.2. The summed E-state index contributed by atoms with van der Waals surface area (Å²) >= 11 is 0. The zero-order valence-electron chi connectivity index (χ0n) is 16.4. The molecule has 2 aliphatic heterocycles. The smallest absolute Gasteiger partial charge is 0.248 e. The maximum atomic E-state index is 11.2. The van der Waals surface area contributed by atoms with E-state index in [1.807, 2.05) is 0 Å². The van der Waals surface area contributed by atoms with Crippen LogP contribution in [0.2, 0.25) is 0 Å². The minimum atomic E-state index is -0.523. The fourth-order valence-electron chi connectivity index (χ4n) is 3.57. The molecule has 0 aliphatic carbocycles. The summed E-state index contributed by atoms with van der Waals surface area (Å²) in [6.45, 7) is 1.84. The van der Waals surface area contributed by atoms with Crippen LogP contribution in [-0.2, 0) is 18.9 Å². The molecule has 0 bridgehead atoms. The van der Waals surface area contributed by atoms with E-state index in [0.717, 1.165) is 17.5 Å². The molecule has 30 heavy (non-hydrogen) atoms. The third-order valence-corrected chi connectivity index (χ3v) is 5.46. The third kappa shape index (κ3) is 4.36. The van der Waals surface area contributed by atoms with Gasteiger partial charge in [-0.25, -0.2) is 0 Å². The van der Waals surface area contributed by atoms with Gasteiger partial charge in [-0.15, -0.1) is 0 Å². The summed E-state index contributed by atoms with van der Waals surface area (Å²) in [7, 11) is 0. The molecule has 2 fully saturated rings. The molecule has 8 nitrogen and oxygen atoms in total. The third-order valence-electron chi connectivity index (χ3n) is 5.46. The summed E-state index contributed by atoms with van der Waals surface area (Å²) in [4.78, 5) is 22.4. The van der Waals surface area contributed by atoms with Crippen molar-refractivity contribution in [3.8, 4) is 0 Å². The van der Waals surface area contributed by atoms with Crippen molar-refractivity contribution in [1.82, 2.24) is 0 Å². The molecule has 0 saturated carbocycles. The molecule has 0 aromatic heterocycles. The predicted molar refractivity (Wildman–Crippen MR) is 106 cm³/mol. The largest absolute Gasteiger partial charge is 0.366 e. The Morgan fingerprint density at radius 3 is 1.50 bits per heavy atom. The van der Waals surface area contributed by atoms with Crippen LogP contribution in [0.15, 0.2) is 48.5 Å². The number of hydrogen-bond donors (Lipinski definition) is 2. The van der Waals surface area contributed by atoms with Gasteiger partial charge < -0.3 is 30.4 Å². The minimum Gasteiger partial charge on any atom is -0.366 e. The molecular formula is C22H24N2O6. The monoisotopic (exact) mass is 412 g/mol. The van der Waals surface area contributed by atoms with Crippen molar-refractivity contribution in [2.75, 3.05) is 26.4 Å². The van der Waals surface area contributed by atoms with Gasteiger partial charge in [0, 0.05) is 27.7 Å². The molecule has 2 amide bonds. The summed E-state index contributed by atoms with van der Waals surface area (Å²) in [6.07, 6.45) is -0.292.